The van der Waals surface area contributed by atoms with Crippen molar-refractivity contribution in [3.8, 4) is 0 Å². The van der Waals surface area contributed by atoms with Gasteiger partial charge in [-0.1, -0.05) is 185 Å². The lowest BCUT2D eigenvalue weighted by Gasteiger charge is -2.65. The van der Waals surface area contributed by atoms with Gasteiger partial charge < -0.3 is 0 Å². The zero-order valence-electron chi connectivity index (χ0n) is 29.8. The Balaban J connectivity index is 3.75. The minimum Gasteiger partial charge on any atom is -0.0625 e. The molecule has 0 aromatic heterocycles. The molecule has 224 valence electrons. The lowest BCUT2D eigenvalue weighted by Crippen LogP contribution is -2.78. The summed E-state index contributed by atoms with van der Waals surface area (Å²) in [5.41, 5.74) is 0. The molecule has 0 nitrogen and oxygen atoms in total. The second-order valence-corrected chi connectivity index (χ2v) is 46.6. The van der Waals surface area contributed by atoms with Crippen LogP contribution in [0, 0.1) is 0 Å². The molecule has 0 spiro atoms. The molecule has 0 atom stereocenters. The van der Waals surface area contributed by atoms with Crippen molar-refractivity contribution in [2.75, 3.05) is 0 Å². The van der Waals surface area contributed by atoms with Crippen molar-refractivity contribution < 1.29 is 0 Å². The van der Waals surface area contributed by atoms with Crippen molar-refractivity contribution in [1.29, 1.82) is 0 Å². The first-order chi connectivity index (χ1) is 17.7. The summed E-state index contributed by atoms with van der Waals surface area (Å²) in [7, 11) is -6.53. The van der Waals surface area contributed by atoms with Crippen LogP contribution in [0.1, 0.15) is 125 Å². The first-order valence-electron chi connectivity index (χ1n) is 15.6. The van der Waals surface area contributed by atoms with Crippen LogP contribution in [0.5, 0.6) is 0 Å². The van der Waals surface area contributed by atoms with E-state index in [1.807, 2.05) is 0 Å². The first kappa shape index (κ1) is 35.5. The molecule has 2 aromatic carbocycles. The van der Waals surface area contributed by atoms with E-state index in [1.54, 1.807) is 10.4 Å². The molecule has 0 heterocycles. The Morgan fingerprint density at radius 3 is 0.650 bits per heavy atom. The molecule has 0 fully saturated rings. The van der Waals surface area contributed by atoms with Crippen LogP contribution >= 0.6 is 0 Å². The maximum absolute atomic E-state index is 2.64. The Morgan fingerprint density at radius 2 is 0.500 bits per heavy atom. The largest absolute Gasteiger partial charge is 0.0809 e. The standard InChI is InChI=1S/C36H64Si4/c1-31(2,3)39(32(4,5)6,33(7,8)9)37(29-25-21-19-22-26-29)38(30-27-23-20-24-28-30)40(34(10,11)12,35(13,14)15)36(16,17)18/h19-28H,1-18H3/b38-37-. The third-order valence-electron chi connectivity index (χ3n) is 9.87. The summed E-state index contributed by atoms with van der Waals surface area (Å²) in [6, 6.07) is 24.2. The first-order valence-corrected chi connectivity index (χ1v) is 25.6. The van der Waals surface area contributed by atoms with Crippen LogP contribution in [0.2, 0.25) is 30.2 Å². The summed E-state index contributed by atoms with van der Waals surface area (Å²) >= 11 is 0. The maximum atomic E-state index is 2.64. The van der Waals surface area contributed by atoms with Crippen molar-refractivity contribution in [2.45, 2.75) is 155 Å². The van der Waals surface area contributed by atoms with Crippen LogP contribution in [0.4, 0.5) is 0 Å². The third kappa shape index (κ3) is 5.65. The van der Waals surface area contributed by atoms with Gasteiger partial charge in [-0.05, 0) is 40.6 Å². The van der Waals surface area contributed by atoms with E-state index in [2.05, 4.69) is 185 Å². The van der Waals surface area contributed by atoms with E-state index in [0.717, 1.165) is 0 Å². The van der Waals surface area contributed by atoms with Crippen LogP contribution in [0.15, 0.2) is 60.7 Å². The summed E-state index contributed by atoms with van der Waals surface area (Å²) in [5.74, 6) is 0. The normalized spacial score (nSPS) is 15.7. The number of rotatable bonds is 4. The van der Waals surface area contributed by atoms with Gasteiger partial charge in [0, 0.05) is 14.8 Å². The Bertz CT molecular complexity index is 997. The van der Waals surface area contributed by atoms with E-state index in [4.69, 9.17) is 0 Å². The molecule has 0 radical (unpaired) electrons. The molecule has 0 aliphatic carbocycles. The Kier molecular flexibility index (Phi) is 9.85. The average Bonchev–Trinajstić information content (AvgIpc) is 2.71. The zero-order valence-corrected chi connectivity index (χ0v) is 33.8. The quantitative estimate of drug-likeness (QED) is 0.303. The predicted octanol–water partition coefficient (Wildman–Crippen LogP) is 10.7. The minimum atomic E-state index is -2.18. The summed E-state index contributed by atoms with van der Waals surface area (Å²) in [6.45, 7) is 47.5. The van der Waals surface area contributed by atoms with Gasteiger partial charge in [0.1, 0.15) is 0 Å². The van der Waals surface area contributed by atoms with Gasteiger partial charge in [-0.15, -0.1) is 0 Å². The Morgan fingerprint density at radius 1 is 0.325 bits per heavy atom. The van der Waals surface area contributed by atoms with E-state index in [9.17, 15) is 0 Å². The van der Waals surface area contributed by atoms with Crippen LogP contribution in [0.3, 0.4) is 0 Å². The molecule has 0 N–H and O–H groups in total. The highest BCUT2D eigenvalue weighted by molar-refractivity contribution is 7.63. The molecular formula is C36H64Si4. The molecule has 0 unspecified atom stereocenters. The van der Waals surface area contributed by atoms with E-state index < -0.39 is 30.0 Å². The Hall–Kier alpha value is -0.692. The summed E-state index contributed by atoms with van der Waals surface area (Å²) in [6.07, 6.45) is 0. The van der Waals surface area contributed by atoms with Crippen LogP contribution < -0.4 is 10.4 Å². The fraction of sp³-hybridized carbons (Fsp3) is 0.667. The van der Waals surface area contributed by atoms with Crippen molar-refractivity contribution in [3.05, 3.63) is 60.7 Å². The van der Waals surface area contributed by atoms with Crippen molar-refractivity contribution in [3.63, 3.8) is 0 Å². The molecular weight excluding hydrogens is 545 g/mol. The Labute approximate surface area is 254 Å². The lowest BCUT2D eigenvalue weighted by atomic mass is 10.2. The van der Waals surface area contributed by atoms with Gasteiger partial charge >= 0.3 is 0 Å². The molecule has 40 heavy (non-hydrogen) atoms. The fourth-order valence-electron chi connectivity index (χ4n) is 11.3. The van der Waals surface area contributed by atoms with Gasteiger partial charge in [-0.25, -0.2) is 0 Å². The summed E-state index contributed by atoms with van der Waals surface area (Å²) in [5, 5.41) is 4.88. The molecule has 0 saturated heterocycles. The monoisotopic (exact) mass is 608 g/mol. The molecule has 0 amide bonds. The van der Waals surface area contributed by atoms with Crippen molar-refractivity contribution in [1.82, 2.24) is 0 Å². The van der Waals surface area contributed by atoms with Gasteiger partial charge in [-0.3, -0.25) is 0 Å². The van der Waals surface area contributed by atoms with E-state index in [0.29, 0.717) is 0 Å². The predicted molar refractivity (Wildman–Crippen MR) is 193 cm³/mol. The molecule has 4 heteroatoms. The average molecular weight is 609 g/mol. The second kappa shape index (κ2) is 11.1. The van der Waals surface area contributed by atoms with Crippen LogP contribution in [-0.4, -0.2) is 30.0 Å². The molecule has 2 aromatic rings. The van der Waals surface area contributed by atoms with E-state index in [-0.39, 0.29) is 30.2 Å². The highest BCUT2D eigenvalue weighted by atomic mass is 29.6. The minimum absolute atomic E-state index is 0.242. The maximum Gasteiger partial charge on any atom is 0.0809 e. The number of hydrogen-bond acceptors (Lipinski definition) is 0. The van der Waals surface area contributed by atoms with Gasteiger partial charge in [-0.2, -0.15) is 0 Å². The summed E-state index contributed by atoms with van der Waals surface area (Å²) < 4.78 is 0. The van der Waals surface area contributed by atoms with Gasteiger partial charge in [0.2, 0.25) is 0 Å². The molecule has 2 rings (SSSR count). The number of benzene rings is 2. The van der Waals surface area contributed by atoms with Crippen LogP contribution in [0.25, 0.3) is 0 Å². The molecule has 0 bridgehead atoms. The lowest BCUT2D eigenvalue weighted by molar-refractivity contribution is 0.553. The third-order valence-corrected chi connectivity index (χ3v) is 63.7. The second-order valence-electron chi connectivity index (χ2n) is 18.5. The highest BCUT2D eigenvalue weighted by Gasteiger charge is 2.67. The molecule has 0 aliphatic heterocycles. The highest BCUT2D eigenvalue weighted by Crippen LogP contribution is 2.65. The van der Waals surface area contributed by atoms with E-state index >= 15 is 0 Å². The van der Waals surface area contributed by atoms with Crippen LogP contribution in [-0.2, 0) is 0 Å². The number of hydrogen-bond donors (Lipinski definition) is 0. The summed E-state index contributed by atoms with van der Waals surface area (Å²) in [4.78, 5) is 0. The van der Waals surface area contributed by atoms with Gasteiger partial charge in [0.15, 0.2) is 0 Å². The van der Waals surface area contributed by atoms with E-state index in [1.165, 1.54) is 0 Å². The van der Waals surface area contributed by atoms with Gasteiger partial charge in [0.25, 0.3) is 0 Å². The SMILES string of the molecule is CC(C)(C)[Si](/[Si](c1ccccc1)=[Si](/c1ccccc1)[Si](C(C)(C)C)(C(C)(C)C)C(C)(C)C)(C(C)(C)C)C(C)(C)C. The smallest absolute Gasteiger partial charge is 0.0625 e. The molecule has 0 saturated carbocycles. The topological polar surface area (TPSA) is 0 Å². The van der Waals surface area contributed by atoms with Crippen molar-refractivity contribution >= 4 is 40.4 Å². The zero-order chi connectivity index (χ0) is 31.4. The molecule has 0 aliphatic rings. The van der Waals surface area contributed by atoms with Crippen molar-refractivity contribution in [2.24, 2.45) is 0 Å². The van der Waals surface area contributed by atoms with Gasteiger partial charge in [0.05, 0.1) is 15.2 Å². The fourth-order valence-corrected chi connectivity index (χ4v) is 94.4.